The van der Waals surface area contributed by atoms with E-state index in [1.807, 2.05) is 30.3 Å². The number of anilines is 1. The van der Waals surface area contributed by atoms with E-state index in [-0.39, 0.29) is 5.91 Å². The fourth-order valence-electron chi connectivity index (χ4n) is 3.18. The van der Waals surface area contributed by atoms with E-state index >= 15 is 0 Å². The number of fused-ring (bicyclic) bond motifs is 1. The molecule has 0 aliphatic rings. The van der Waals surface area contributed by atoms with Gasteiger partial charge in [0.15, 0.2) is 11.5 Å². The lowest BCUT2D eigenvalue weighted by Crippen LogP contribution is -2.28. The molecule has 152 valence electrons. The van der Waals surface area contributed by atoms with Crippen LogP contribution in [0.5, 0.6) is 11.5 Å². The van der Waals surface area contributed by atoms with Gasteiger partial charge in [-0.05, 0) is 36.7 Å². The number of aromatic nitrogens is 1. The van der Waals surface area contributed by atoms with Gasteiger partial charge in [-0.3, -0.25) is 9.78 Å². The van der Waals surface area contributed by atoms with Gasteiger partial charge in [0.25, 0.3) is 5.91 Å². The molecule has 0 atom stereocenters. The highest BCUT2D eigenvalue weighted by Crippen LogP contribution is 2.30. The minimum absolute atomic E-state index is 0.263. The normalized spacial score (nSPS) is 10.9. The summed E-state index contributed by atoms with van der Waals surface area (Å²) in [5, 5.41) is 4.71. The quantitative estimate of drug-likeness (QED) is 0.590. The molecule has 0 aliphatic heterocycles. The first-order valence-corrected chi connectivity index (χ1v) is 9.84. The lowest BCUT2D eigenvalue weighted by molar-refractivity contribution is 0.102. The minimum Gasteiger partial charge on any atom is -0.493 e. The maximum Gasteiger partial charge on any atom is 0.274 e. The van der Waals surface area contributed by atoms with Crippen molar-refractivity contribution < 1.29 is 14.3 Å². The van der Waals surface area contributed by atoms with Gasteiger partial charge in [0.2, 0.25) is 0 Å². The summed E-state index contributed by atoms with van der Waals surface area (Å²) in [5.41, 5.74) is 1.02. The number of nitrogens with one attached hydrogen (secondary N) is 1. The molecule has 6 nitrogen and oxygen atoms in total. The zero-order valence-corrected chi connectivity index (χ0v) is 17.1. The summed E-state index contributed by atoms with van der Waals surface area (Å²) in [6.07, 6.45) is 1.65. The van der Waals surface area contributed by atoms with Gasteiger partial charge in [-0.2, -0.15) is 0 Å². The SMILES string of the molecule is CCN(CC)CCOc1cc(NC(=O)c2nccc3ccccc23)ccc1OC. The summed E-state index contributed by atoms with van der Waals surface area (Å²) in [5.74, 6) is 0.968. The smallest absolute Gasteiger partial charge is 0.274 e. The van der Waals surface area contributed by atoms with Crippen LogP contribution in [-0.2, 0) is 0 Å². The summed E-state index contributed by atoms with van der Waals surface area (Å²) in [6, 6.07) is 14.9. The highest BCUT2D eigenvalue weighted by Gasteiger charge is 2.14. The third-order valence-electron chi connectivity index (χ3n) is 4.87. The van der Waals surface area contributed by atoms with Crippen LogP contribution in [0.25, 0.3) is 10.8 Å². The first-order chi connectivity index (χ1) is 14.2. The van der Waals surface area contributed by atoms with Crippen molar-refractivity contribution in [3.63, 3.8) is 0 Å². The van der Waals surface area contributed by atoms with Crippen LogP contribution in [0.3, 0.4) is 0 Å². The summed E-state index contributed by atoms with van der Waals surface area (Å²) in [6.45, 7) is 7.58. The first kappa shape index (κ1) is 20.6. The molecule has 1 heterocycles. The number of carbonyl (C=O) groups is 1. The minimum atomic E-state index is -0.263. The molecule has 2 aromatic carbocycles. The molecule has 6 heteroatoms. The topological polar surface area (TPSA) is 63.7 Å². The number of ether oxygens (including phenoxy) is 2. The van der Waals surface area contributed by atoms with Crippen molar-refractivity contribution in [1.29, 1.82) is 0 Å². The van der Waals surface area contributed by atoms with Crippen LogP contribution in [0.2, 0.25) is 0 Å². The molecule has 3 rings (SSSR count). The Hall–Kier alpha value is -3.12. The van der Waals surface area contributed by atoms with Crippen molar-refractivity contribution in [2.75, 3.05) is 38.7 Å². The molecule has 0 aliphatic carbocycles. The second-order valence-electron chi connectivity index (χ2n) is 6.58. The molecule has 29 heavy (non-hydrogen) atoms. The third kappa shape index (κ3) is 5.03. The van der Waals surface area contributed by atoms with Crippen LogP contribution >= 0.6 is 0 Å². The fraction of sp³-hybridized carbons (Fsp3) is 0.304. The summed E-state index contributed by atoms with van der Waals surface area (Å²) >= 11 is 0. The summed E-state index contributed by atoms with van der Waals surface area (Å²) in [7, 11) is 1.60. The fourth-order valence-corrected chi connectivity index (χ4v) is 3.18. The van der Waals surface area contributed by atoms with Gasteiger partial charge in [-0.15, -0.1) is 0 Å². The third-order valence-corrected chi connectivity index (χ3v) is 4.87. The molecule has 0 fully saturated rings. The maximum absolute atomic E-state index is 12.8. The Balaban J connectivity index is 1.76. The van der Waals surface area contributed by atoms with Crippen molar-refractivity contribution in [2.24, 2.45) is 0 Å². The van der Waals surface area contributed by atoms with Gasteiger partial charge in [-0.25, -0.2) is 0 Å². The monoisotopic (exact) mass is 393 g/mol. The molecule has 0 radical (unpaired) electrons. The predicted molar refractivity (Wildman–Crippen MR) is 116 cm³/mol. The largest absolute Gasteiger partial charge is 0.493 e. The van der Waals surface area contributed by atoms with Gasteiger partial charge in [0, 0.05) is 29.9 Å². The summed E-state index contributed by atoms with van der Waals surface area (Å²) in [4.78, 5) is 19.4. The number of benzene rings is 2. The average Bonchev–Trinajstić information content (AvgIpc) is 2.76. The number of pyridine rings is 1. The molecule has 1 N–H and O–H groups in total. The first-order valence-electron chi connectivity index (χ1n) is 9.84. The van der Waals surface area contributed by atoms with Gasteiger partial charge >= 0.3 is 0 Å². The van der Waals surface area contributed by atoms with E-state index in [9.17, 15) is 4.79 Å². The molecule has 1 amide bonds. The number of hydrogen-bond acceptors (Lipinski definition) is 5. The Bertz CT molecular complexity index is 965. The van der Waals surface area contributed by atoms with Crippen LogP contribution in [0.15, 0.2) is 54.7 Å². The molecule has 3 aromatic rings. The highest BCUT2D eigenvalue weighted by molar-refractivity contribution is 6.11. The van der Waals surface area contributed by atoms with E-state index in [1.54, 1.807) is 31.5 Å². The van der Waals surface area contributed by atoms with Crippen molar-refractivity contribution in [2.45, 2.75) is 13.8 Å². The van der Waals surface area contributed by atoms with Crippen molar-refractivity contribution in [3.05, 3.63) is 60.4 Å². The zero-order chi connectivity index (χ0) is 20.6. The van der Waals surface area contributed by atoms with Crippen LogP contribution in [-0.4, -0.2) is 49.1 Å². The molecule has 0 unspecified atom stereocenters. The van der Waals surface area contributed by atoms with Gasteiger partial charge in [0.1, 0.15) is 12.3 Å². The van der Waals surface area contributed by atoms with Crippen LogP contribution in [0.1, 0.15) is 24.3 Å². The number of amides is 1. The van der Waals surface area contributed by atoms with Gasteiger partial charge < -0.3 is 19.7 Å². The molecule has 0 bridgehead atoms. The molecule has 1 aromatic heterocycles. The Morgan fingerprint density at radius 3 is 2.62 bits per heavy atom. The molecular weight excluding hydrogens is 366 g/mol. The van der Waals surface area contributed by atoms with Crippen molar-refractivity contribution in [3.8, 4) is 11.5 Å². The molecule has 0 saturated heterocycles. The number of hydrogen-bond donors (Lipinski definition) is 1. The number of likely N-dealkylation sites (N-methyl/N-ethyl adjacent to an activating group) is 1. The van der Waals surface area contributed by atoms with E-state index < -0.39 is 0 Å². The lowest BCUT2D eigenvalue weighted by Gasteiger charge is -2.19. The van der Waals surface area contributed by atoms with E-state index in [1.165, 1.54) is 0 Å². The predicted octanol–water partition coefficient (Wildman–Crippen LogP) is 4.22. The Kier molecular flexibility index (Phi) is 7.03. The van der Waals surface area contributed by atoms with Crippen LogP contribution in [0.4, 0.5) is 5.69 Å². The molecule has 0 spiro atoms. The van der Waals surface area contributed by atoms with Crippen LogP contribution < -0.4 is 14.8 Å². The molecule has 0 saturated carbocycles. The van der Waals surface area contributed by atoms with Crippen LogP contribution in [0, 0.1) is 0 Å². The lowest BCUT2D eigenvalue weighted by atomic mass is 10.1. The Morgan fingerprint density at radius 1 is 1.07 bits per heavy atom. The van der Waals surface area contributed by atoms with Gasteiger partial charge in [-0.1, -0.05) is 38.1 Å². The van der Waals surface area contributed by atoms with Crippen molar-refractivity contribution in [1.82, 2.24) is 9.88 Å². The van der Waals surface area contributed by atoms with Crippen molar-refractivity contribution >= 4 is 22.4 Å². The van der Waals surface area contributed by atoms with E-state index in [0.29, 0.717) is 29.5 Å². The second kappa shape index (κ2) is 9.89. The number of rotatable bonds is 9. The standard InChI is InChI=1S/C23H27N3O3/c1-4-26(5-2)14-15-29-21-16-18(10-11-20(21)28-3)25-23(27)22-19-9-7-6-8-17(19)12-13-24-22/h6-13,16H,4-5,14-15H2,1-3H3,(H,25,27). The summed E-state index contributed by atoms with van der Waals surface area (Å²) < 4.78 is 11.3. The number of nitrogens with zero attached hydrogens (tertiary/aromatic N) is 2. The highest BCUT2D eigenvalue weighted by atomic mass is 16.5. The van der Waals surface area contributed by atoms with E-state index in [2.05, 4.69) is 29.0 Å². The Morgan fingerprint density at radius 2 is 1.86 bits per heavy atom. The maximum atomic E-state index is 12.8. The number of carbonyl (C=O) groups excluding carboxylic acids is 1. The average molecular weight is 393 g/mol. The van der Waals surface area contributed by atoms with Gasteiger partial charge in [0.05, 0.1) is 7.11 Å². The van der Waals surface area contributed by atoms with E-state index in [4.69, 9.17) is 9.47 Å². The zero-order valence-electron chi connectivity index (χ0n) is 17.1. The second-order valence-corrected chi connectivity index (χ2v) is 6.58. The Labute approximate surface area is 171 Å². The number of methoxy groups -OCH3 is 1. The van der Waals surface area contributed by atoms with E-state index in [0.717, 1.165) is 30.4 Å². The molecular formula is C23H27N3O3.